The molecular formula is C23H18N6O4. The molecule has 0 aliphatic rings. The molecule has 0 spiro atoms. The normalized spacial score (nSPS) is 10.3. The molecule has 0 unspecified atom stereocenters. The molecule has 33 heavy (non-hydrogen) atoms. The van der Waals surface area contributed by atoms with Crippen LogP contribution in [0.3, 0.4) is 0 Å². The molecule has 3 aromatic carbocycles. The van der Waals surface area contributed by atoms with Crippen molar-refractivity contribution in [2.45, 2.75) is 0 Å². The summed E-state index contributed by atoms with van der Waals surface area (Å²) in [6.07, 6.45) is 1.59. The van der Waals surface area contributed by atoms with Gasteiger partial charge < -0.3 is 16.0 Å². The number of benzene rings is 3. The van der Waals surface area contributed by atoms with E-state index in [1.54, 1.807) is 54.7 Å². The molecule has 10 nitrogen and oxygen atoms in total. The van der Waals surface area contributed by atoms with E-state index in [4.69, 9.17) is 0 Å². The number of anilines is 3. The van der Waals surface area contributed by atoms with Gasteiger partial charge in [-0.3, -0.25) is 14.9 Å². The molecule has 164 valence electrons. The summed E-state index contributed by atoms with van der Waals surface area (Å²) in [6, 6.07) is 22.7. The molecule has 4 rings (SSSR count). The lowest BCUT2D eigenvalue weighted by Crippen LogP contribution is -2.19. The van der Waals surface area contributed by atoms with E-state index in [-0.39, 0.29) is 11.4 Å². The van der Waals surface area contributed by atoms with E-state index in [2.05, 4.69) is 21.0 Å². The van der Waals surface area contributed by atoms with E-state index in [9.17, 15) is 19.7 Å². The highest BCUT2D eigenvalue weighted by Gasteiger charge is 2.12. The van der Waals surface area contributed by atoms with Gasteiger partial charge in [-0.15, -0.1) is 0 Å². The standard InChI is InChI=1S/C23H18N6O4/c30-22(21-13-14-28(27-21)19-9-11-20(12-10-19)29(32)33)24-17-7-4-8-18(15-17)26-23(31)25-16-5-2-1-3-6-16/h1-15H,(H,24,30)(H2,25,26,31). The second kappa shape index (κ2) is 9.43. The highest BCUT2D eigenvalue weighted by molar-refractivity contribution is 6.04. The number of aromatic nitrogens is 2. The molecule has 0 aliphatic carbocycles. The van der Waals surface area contributed by atoms with Crippen molar-refractivity contribution in [2.75, 3.05) is 16.0 Å². The molecule has 1 aromatic heterocycles. The number of nitro benzene ring substituents is 1. The summed E-state index contributed by atoms with van der Waals surface area (Å²) in [5.41, 5.74) is 2.33. The van der Waals surface area contributed by atoms with Gasteiger partial charge >= 0.3 is 6.03 Å². The Morgan fingerprint density at radius 2 is 1.42 bits per heavy atom. The Balaban J connectivity index is 1.39. The molecule has 0 aliphatic heterocycles. The summed E-state index contributed by atoms with van der Waals surface area (Å²) in [6.45, 7) is 0. The number of nitrogens with zero attached hydrogens (tertiary/aromatic N) is 3. The zero-order valence-corrected chi connectivity index (χ0v) is 17.1. The molecule has 4 aromatic rings. The van der Waals surface area contributed by atoms with Gasteiger partial charge in [0.2, 0.25) is 0 Å². The lowest BCUT2D eigenvalue weighted by molar-refractivity contribution is -0.384. The van der Waals surface area contributed by atoms with Gasteiger partial charge in [-0.25, -0.2) is 9.48 Å². The minimum Gasteiger partial charge on any atom is -0.321 e. The fourth-order valence-corrected chi connectivity index (χ4v) is 3.00. The first-order valence-electron chi connectivity index (χ1n) is 9.83. The Labute approximate surface area is 188 Å². The molecule has 0 radical (unpaired) electrons. The number of non-ortho nitro benzene ring substituents is 1. The van der Waals surface area contributed by atoms with Crippen molar-refractivity contribution in [2.24, 2.45) is 0 Å². The lowest BCUT2D eigenvalue weighted by atomic mass is 10.2. The monoisotopic (exact) mass is 442 g/mol. The van der Waals surface area contributed by atoms with Gasteiger partial charge in [0, 0.05) is 35.4 Å². The average molecular weight is 442 g/mol. The van der Waals surface area contributed by atoms with Gasteiger partial charge in [-0.2, -0.15) is 5.10 Å². The Kier molecular flexibility index (Phi) is 6.08. The van der Waals surface area contributed by atoms with Crippen LogP contribution in [0.15, 0.2) is 91.1 Å². The van der Waals surface area contributed by atoms with E-state index in [0.29, 0.717) is 22.7 Å². The lowest BCUT2D eigenvalue weighted by Gasteiger charge is -2.09. The quantitative estimate of drug-likeness (QED) is 0.295. The first kappa shape index (κ1) is 21.2. The zero-order chi connectivity index (χ0) is 23.2. The largest absolute Gasteiger partial charge is 0.323 e. The van der Waals surface area contributed by atoms with Crippen molar-refractivity contribution >= 4 is 34.7 Å². The minimum atomic E-state index is -0.486. The molecule has 0 saturated carbocycles. The maximum atomic E-state index is 12.6. The number of urea groups is 1. The smallest absolute Gasteiger partial charge is 0.321 e. The predicted molar refractivity (Wildman–Crippen MR) is 124 cm³/mol. The minimum absolute atomic E-state index is 0.0326. The van der Waals surface area contributed by atoms with Gasteiger partial charge in [0.1, 0.15) is 0 Å². The number of amides is 3. The van der Waals surface area contributed by atoms with Crippen molar-refractivity contribution in [3.8, 4) is 5.69 Å². The summed E-state index contributed by atoms with van der Waals surface area (Å²) in [5, 5.41) is 23.2. The molecule has 10 heteroatoms. The molecule has 0 bridgehead atoms. The summed E-state index contributed by atoms with van der Waals surface area (Å²) in [7, 11) is 0. The van der Waals surface area contributed by atoms with Crippen LogP contribution in [0.4, 0.5) is 27.5 Å². The van der Waals surface area contributed by atoms with Gasteiger partial charge in [0.15, 0.2) is 5.69 Å². The number of nitro groups is 1. The second-order valence-corrected chi connectivity index (χ2v) is 6.90. The van der Waals surface area contributed by atoms with Crippen molar-refractivity contribution in [3.63, 3.8) is 0 Å². The molecule has 1 heterocycles. The van der Waals surface area contributed by atoms with Crippen LogP contribution in [0.25, 0.3) is 5.69 Å². The Morgan fingerprint density at radius 1 is 0.788 bits per heavy atom. The Bertz CT molecular complexity index is 1300. The number of rotatable bonds is 6. The van der Waals surface area contributed by atoms with Crippen molar-refractivity contribution in [1.82, 2.24) is 9.78 Å². The van der Waals surface area contributed by atoms with Gasteiger partial charge in [-0.1, -0.05) is 24.3 Å². The summed E-state index contributed by atoms with van der Waals surface area (Å²) in [4.78, 5) is 35.1. The number of hydrogen-bond donors (Lipinski definition) is 3. The van der Waals surface area contributed by atoms with Gasteiger partial charge in [-0.05, 0) is 48.5 Å². The molecule has 0 fully saturated rings. The average Bonchev–Trinajstić information content (AvgIpc) is 3.30. The van der Waals surface area contributed by atoms with Crippen LogP contribution in [0, 0.1) is 10.1 Å². The molecule has 0 atom stereocenters. The zero-order valence-electron chi connectivity index (χ0n) is 17.1. The number of nitrogens with one attached hydrogen (secondary N) is 3. The third kappa shape index (κ3) is 5.39. The summed E-state index contributed by atoms with van der Waals surface area (Å²) >= 11 is 0. The number of carbonyl (C=O) groups excluding carboxylic acids is 2. The molecule has 3 amide bonds. The van der Waals surface area contributed by atoms with E-state index < -0.39 is 16.9 Å². The molecule has 3 N–H and O–H groups in total. The van der Waals surface area contributed by atoms with E-state index in [1.165, 1.54) is 22.9 Å². The van der Waals surface area contributed by atoms with Crippen LogP contribution in [-0.4, -0.2) is 26.6 Å². The highest BCUT2D eigenvalue weighted by Crippen LogP contribution is 2.18. The van der Waals surface area contributed by atoms with E-state index in [1.807, 2.05) is 18.2 Å². The second-order valence-electron chi connectivity index (χ2n) is 6.90. The van der Waals surface area contributed by atoms with Crippen LogP contribution in [0.1, 0.15) is 10.5 Å². The van der Waals surface area contributed by atoms with Gasteiger partial charge in [0.05, 0.1) is 10.6 Å². The van der Waals surface area contributed by atoms with Crippen LogP contribution >= 0.6 is 0 Å². The van der Waals surface area contributed by atoms with Crippen LogP contribution < -0.4 is 16.0 Å². The SMILES string of the molecule is O=C(Nc1ccccc1)Nc1cccc(NC(=O)c2ccn(-c3ccc([N+](=O)[O-])cc3)n2)c1. The topological polar surface area (TPSA) is 131 Å². The van der Waals surface area contributed by atoms with E-state index >= 15 is 0 Å². The third-order valence-electron chi connectivity index (χ3n) is 4.56. The number of para-hydroxylation sites is 1. The van der Waals surface area contributed by atoms with Gasteiger partial charge in [0.25, 0.3) is 11.6 Å². The first-order chi connectivity index (χ1) is 16.0. The fourth-order valence-electron chi connectivity index (χ4n) is 3.00. The fraction of sp³-hybridized carbons (Fsp3) is 0. The molecular weight excluding hydrogens is 424 g/mol. The number of hydrogen-bond acceptors (Lipinski definition) is 5. The maximum absolute atomic E-state index is 12.6. The Hall–Kier alpha value is -4.99. The van der Waals surface area contributed by atoms with E-state index in [0.717, 1.165) is 0 Å². The first-order valence-corrected chi connectivity index (χ1v) is 9.83. The molecule has 0 saturated heterocycles. The van der Waals surface area contributed by atoms with Crippen molar-refractivity contribution in [1.29, 1.82) is 0 Å². The third-order valence-corrected chi connectivity index (χ3v) is 4.56. The predicted octanol–water partition coefficient (Wildman–Crippen LogP) is 4.68. The summed E-state index contributed by atoms with van der Waals surface area (Å²) in [5.74, 6) is -0.443. The van der Waals surface area contributed by atoms with Crippen LogP contribution in [-0.2, 0) is 0 Å². The van der Waals surface area contributed by atoms with Crippen molar-refractivity contribution < 1.29 is 14.5 Å². The van der Waals surface area contributed by atoms with Crippen LogP contribution in [0.5, 0.6) is 0 Å². The number of carbonyl (C=O) groups is 2. The van der Waals surface area contributed by atoms with Crippen molar-refractivity contribution in [3.05, 3.63) is 107 Å². The van der Waals surface area contributed by atoms with Crippen LogP contribution in [0.2, 0.25) is 0 Å². The Morgan fingerprint density at radius 3 is 2.12 bits per heavy atom. The summed E-state index contributed by atoms with van der Waals surface area (Å²) < 4.78 is 1.45. The highest BCUT2D eigenvalue weighted by atomic mass is 16.6. The maximum Gasteiger partial charge on any atom is 0.323 e.